The molecule has 0 aromatic heterocycles. The molecule has 0 spiro atoms. The third-order valence-corrected chi connectivity index (χ3v) is 5.71. The van der Waals surface area contributed by atoms with Gasteiger partial charge in [-0.05, 0) is 64.7 Å². The van der Waals surface area contributed by atoms with Crippen molar-refractivity contribution in [3.8, 4) is 5.75 Å². The summed E-state index contributed by atoms with van der Waals surface area (Å²) in [7, 11) is -0.354. The van der Waals surface area contributed by atoms with E-state index in [1.54, 1.807) is 12.1 Å². The molecular weight excluding hydrogens is 360 g/mol. The maximum Gasteiger partial charge on any atom is 0.573 e. The van der Waals surface area contributed by atoms with Gasteiger partial charge in [0.1, 0.15) is 5.75 Å². The molecule has 0 bridgehead atoms. The molecule has 2 aliphatic rings. The second-order valence-electron chi connectivity index (χ2n) is 8.24. The summed E-state index contributed by atoms with van der Waals surface area (Å²) >= 11 is 0. The van der Waals surface area contributed by atoms with Crippen LogP contribution in [-0.2, 0) is 20.5 Å². The summed E-state index contributed by atoms with van der Waals surface area (Å²) < 4.78 is 59.2. The van der Waals surface area contributed by atoms with Crippen LogP contribution in [0.2, 0.25) is 5.82 Å². The van der Waals surface area contributed by atoms with Gasteiger partial charge in [0.25, 0.3) is 0 Å². The smallest absolute Gasteiger partial charge is 0.406 e. The van der Waals surface area contributed by atoms with Crippen LogP contribution in [-0.4, -0.2) is 37.4 Å². The zero-order chi connectivity index (χ0) is 19.9. The van der Waals surface area contributed by atoms with Crippen LogP contribution in [0.1, 0.15) is 46.1 Å². The summed E-state index contributed by atoms with van der Waals surface area (Å²) in [4.78, 5) is 0. The molecule has 2 aliphatic heterocycles. The number of benzene rings is 1. The Labute approximate surface area is 158 Å². The Hall–Kier alpha value is -1.25. The summed E-state index contributed by atoms with van der Waals surface area (Å²) in [6.45, 7) is 8.74. The van der Waals surface area contributed by atoms with Crippen LogP contribution in [0.25, 0.3) is 0 Å². The van der Waals surface area contributed by atoms with Crippen LogP contribution in [0.4, 0.5) is 13.2 Å². The maximum absolute atomic E-state index is 12.3. The SMILES string of the molecule is CC1(C)OB([C@@H]2CCCO[C@@H]2Cc2ccc(OC(F)(F)F)cc2)OC1(C)C. The van der Waals surface area contributed by atoms with E-state index in [-0.39, 0.29) is 24.8 Å². The Morgan fingerprint density at radius 2 is 1.67 bits per heavy atom. The fraction of sp³-hybridized carbons (Fsp3) is 0.684. The normalized spacial score (nSPS) is 27.6. The van der Waals surface area contributed by atoms with Gasteiger partial charge in [0, 0.05) is 12.4 Å². The van der Waals surface area contributed by atoms with E-state index in [9.17, 15) is 13.2 Å². The van der Waals surface area contributed by atoms with Gasteiger partial charge in [-0.1, -0.05) is 12.1 Å². The van der Waals surface area contributed by atoms with Crippen molar-refractivity contribution in [2.24, 2.45) is 0 Å². The molecule has 0 saturated carbocycles. The lowest BCUT2D eigenvalue weighted by atomic mass is 9.64. The monoisotopic (exact) mass is 386 g/mol. The van der Waals surface area contributed by atoms with Gasteiger partial charge >= 0.3 is 13.5 Å². The summed E-state index contributed by atoms with van der Waals surface area (Å²) in [5, 5.41) is 0. The molecule has 3 rings (SSSR count). The molecule has 27 heavy (non-hydrogen) atoms. The Balaban J connectivity index is 1.68. The molecule has 2 saturated heterocycles. The van der Waals surface area contributed by atoms with E-state index in [1.165, 1.54) is 12.1 Å². The largest absolute Gasteiger partial charge is 0.573 e. The second-order valence-corrected chi connectivity index (χ2v) is 8.24. The average molecular weight is 386 g/mol. The molecule has 150 valence electrons. The number of rotatable bonds is 4. The van der Waals surface area contributed by atoms with Crippen LogP contribution in [0.3, 0.4) is 0 Å². The first-order valence-electron chi connectivity index (χ1n) is 9.29. The van der Waals surface area contributed by atoms with Crippen molar-refractivity contribution in [1.82, 2.24) is 0 Å². The fourth-order valence-corrected chi connectivity index (χ4v) is 3.51. The minimum Gasteiger partial charge on any atom is -0.406 e. The van der Waals surface area contributed by atoms with Crippen LogP contribution in [0.5, 0.6) is 5.75 Å². The molecule has 8 heteroatoms. The number of hydrogen-bond acceptors (Lipinski definition) is 4. The van der Waals surface area contributed by atoms with Gasteiger partial charge in [-0.15, -0.1) is 13.2 Å². The van der Waals surface area contributed by atoms with Gasteiger partial charge in [-0.3, -0.25) is 0 Å². The second kappa shape index (κ2) is 7.30. The predicted octanol–water partition coefficient (Wildman–Crippen LogP) is 4.77. The van der Waals surface area contributed by atoms with Crippen molar-refractivity contribution < 1.29 is 32.0 Å². The van der Waals surface area contributed by atoms with E-state index in [0.29, 0.717) is 13.0 Å². The minimum atomic E-state index is -4.68. The maximum atomic E-state index is 12.3. The Morgan fingerprint density at radius 1 is 1.07 bits per heavy atom. The molecule has 2 fully saturated rings. The highest BCUT2D eigenvalue weighted by Crippen LogP contribution is 2.44. The van der Waals surface area contributed by atoms with E-state index < -0.39 is 17.6 Å². The highest BCUT2D eigenvalue weighted by molar-refractivity contribution is 6.47. The zero-order valence-corrected chi connectivity index (χ0v) is 16.1. The van der Waals surface area contributed by atoms with E-state index in [4.69, 9.17) is 14.0 Å². The van der Waals surface area contributed by atoms with Crippen LogP contribution in [0, 0.1) is 0 Å². The molecule has 2 heterocycles. The quantitative estimate of drug-likeness (QED) is 0.699. The third kappa shape index (κ3) is 4.79. The first kappa shape index (κ1) is 20.5. The minimum absolute atomic E-state index is 0.0749. The van der Waals surface area contributed by atoms with Gasteiger partial charge in [0.05, 0.1) is 17.3 Å². The number of ether oxygens (including phenoxy) is 2. The van der Waals surface area contributed by atoms with Gasteiger partial charge in [0.15, 0.2) is 0 Å². The number of halogens is 3. The lowest BCUT2D eigenvalue weighted by Gasteiger charge is -2.33. The topological polar surface area (TPSA) is 36.9 Å². The molecule has 4 nitrogen and oxygen atoms in total. The fourth-order valence-electron chi connectivity index (χ4n) is 3.51. The molecule has 0 N–H and O–H groups in total. The van der Waals surface area contributed by atoms with Crippen LogP contribution >= 0.6 is 0 Å². The Morgan fingerprint density at radius 3 is 2.22 bits per heavy atom. The number of alkyl halides is 3. The van der Waals surface area contributed by atoms with E-state index >= 15 is 0 Å². The molecule has 0 amide bonds. The van der Waals surface area contributed by atoms with Crippen molar-refractivity contribution in [1.29, 1.82) is 0 Å². The Bertz CT molecular complexity index is 629. The molecular formula is C19H26BF3O4. The highest BCUT2D eigenvalue weighted by Gasteiger charge is 2.55. The predicted molar refractivity (Wildman–Crippen MR) is 95.6 cm³/mol. The van der Waals surface area contributed by atoms with Gasteiger partial charge < -0.3 is 18.8 Å². The average Bonchev–Trinajstić information content (AvgIpc) is 2.76. The molecule has 0 radical (unpaired) electrons. The van der Waals surface area contributed by atoms with Crippen molar-refractivity contribution in [3.63, 3.8) is 0 Å². The van der Waals surface area contributed by atoms with E-state index in [2.05, 4.69) is 4.74 Å². The molecule has 0 unspecified atom stereocenters. The summed E-state index contributed by atoms with van der Waals surface area (Å²) in [5.74, 6) is -0.149. The zero-order valence-electron chi connectivity index (χ0n) is 16.1. The van der Waals surface area contributed by atoms with Gasteiger partial charge in [-0.2, -0.15) is 0 Å². The van der Waals surface area contributed by atoms with Crippen LogP contribution < -0.4 is 4.74 Å². The van der Waals surface area contributed by atoms with Gasteiger partial charge in [-0.25, -0.2) is 0 Å². The molecule has 0 aliphatic carbocycles. The lowest BCUT2D eigenvalue weighted by molar-refractivity contribution is -0.274. The number of hydrogen-bond donors (Lipinski definition) is 0. The summed E-state index contributed by atoms with van der Waals surface area (Å²) in [6.07, 6.45) is -2.35. The van der Waals surface area contributed by atoms with Crippen molar-refractivity contribution in [2.45, 2.75) is 76.4 Å². The first-order chi connectivity index (χ1) is 12.5. The molecule has 2 atom stereocenters. The summed E-state index contributed by atoms with van der Waals surface area (Å²) in [5.41, 5.74) is 0.0740. The standard InChI is InChI=1S/C19H26BF3O4/c1-17(2)18(3,4)27-20(26-17)15-6-5-11-24-16(15)12-13-7-9-14(10-8-13)25-19(21,22)23/h7-10,15-16H,5-6,11-12H2,1-4H3/t15-,16-/m1/s1. The summed E-state index contributed by atoms with van der Waals surface area (Å²) in [6, 6.07) is 5.94. The van der Waals surface area contributed by atoms with Crippen molar-refractivity contribution in [2.75, 3.05) is 6.61 Å². The lowest BCUT2D eigenvalue weighted by Crippen LogP contribution is -2.41. The first-order valence-corrected chi connectivity index (χ1v) is 9.29. The third-order valence-electron chi connectivity index (χ3n) is 5.71. The molecule has 1 aromatic rings. The van der Waals surface area contributed by atoms with Gasteiger partial charge in [0.2, 0.25) is 0 Å². The van der Waals surface area contributed by atoms with Crippen molar-refractivity contribution >= 4 is 7.12 Å². The Kier molecular flexibility index (Phi) is 5.54. The van der Waals surface area contributed by atoms with E-state index in [1.807, 2.05) is 27.7 Å². The van der Waals surface area contributed by atoms with Crippen LogP contribution in [0.15, 0.2) is 24.3 Å². The van der Waals surface area contributed by atoms with E-state index in [0.717, 1.165) is 18.4 Å². The highest BCUT2D eigenvalue weighted by atomic mass is 19.4. The molecule has 1 aromatic carbocycles. The van der Waals surface area contributed by atoms with Crippen molar-refractivity contribution in [3.05, 3.63) is 29.8 Å².